The quantitative estimate of drug-likeness (QED) is 0.604. The second-order valence-corrected chi connectivity index (χ2v) is 3.76. The number of H-pyrrole nitrogens is 1. The van der Waals surface area contributed by atoms with E-state index in [1.807, 2.05) is 0 Å². The molecule has 0 atom stereocenters. The fourth-order valence-corrected chi connectivity index (χ4v) is 1.94. The van der Waals surface area contributed by atoms with Gasteiger partial charge in [0.1, 0.15) is 0 Å². The Morgan fingerprint density at radius 1 is 1.39 bits per heavy atom. The van der Waals surface area contributed by atoms with Gasteiger partial charge in [0, 0.05) is 12.4 Å². The first-order chi connectivity index (χ1) is 8.68. The molecule has 7 heteroatoms. The summed E-state index contributed by atoms with van der Waals surface area (Å²) in [7, 11) is 0. The molecular weight excluding hydrogens is 232 g/mol. The molecule has 0 bridgehead atoms. The smallest absolute Gasteiger partial charge is 0.250 e. The summed E-state index contributed by atoms with van der Waals surface area (Å²) in [6, 6.07) is 5.10. The molecule has 0 unspecified atom stereocenters. The monoisotopic (exact) mass is 242 g/mol. The van der Waals surface area contributed by atoms with Crippen LogP contribution in [0.15, 0.2) is 30.6 Å². The molecule has 0 spiro atoms. The molecule has 0 fully saturated rings. The number of primary amides is 1. The van der Waals surface area contributed by atoms with Crippen LogP contribution >= 0.6 is 0 Å². The van der Waals surface area contributed by atoms with E-state index in [1.165, 1.54) is 0 Å². The number of para-hydroxylation sites is 1. The van der Waals surface area contributed by atoms with Gasteiger partial charge in [-0.15, -0.1) is 0 Å². The van der Waals surface area contributed by atoms with Gasteiger partial charge in [0.15, 0.2) is 0 Å². The van der Waals surface area contributed by atoms with Crippen LogP contribution in [0.1, 0.15) is 10.4 Å². The summed E-state index contributed by atoms with van der Waals surface area (Å²) < 4.78 is 1.56. The number of nitrogen functional groups attached to an aromatic ring is 1. The molecule has 3 aromatic rings. The van der Waals surface area contributed by atoms with Crippen molar-refractivity contribution in [3.05, 3.63) is 36.2 Å². The second kappa shape index (κ2) is 3.59. The van der Waals surface area contributed by atoms with Crippen LogP contribution in [0.2, 0.25) is 0 Å². The lowest BCUT2D eigenvalue weighted by Gasteiger charge is -2.04. The number of nitrogens with two attached hydrogens (primary N) is 2. The van der Waals surface area contributed by atoms with Gasteiger partial charge in [0.25, 0.3) is 5.91 Å². The first kappa shape index (κ1) is 10.3. The number of carbonyl (C=O) groups excluding carboxylic acids is 1. The molecule has 0 aliphatic rings. The number of anilines is 1. The average Bonchev–Trinajstić information content (AvgIpc) is 2.93. The van der Waals surface area contributed by atoms with Gasteiger partial charge in [0.05, 0.1) is 16.6 Å². The van der Waals surface area contributed by atoms with Crippen molar-refractivity contribution in [1.82, 2.24) is 19.5 Å². The third-order valence-electron chi connectivity index (χ3n) is 2.66. The van der Waals surface area contributed by atoms with Crippen molar-refractivity contribution >= 4 is 22.9 Å². The van der Waals surface area contributed by atoms with Gasteiger partial charge in [-0.3, -0.25) is 4.79 Å². The highest BCUT2D eigenvalue weighted by Crippen LogP contribution is 2.24. The summed E-state index contributed by atoms with van der Waals surface area (Å²) in [5.74, 6) is 0.200. The molecular formula is C11H10N6O. The van der Waals surface area contributed by atoms with Crippen LogP contribution in [0.3, 0.4) is 0 Å². The number of imidazole rings is 2. The number of hydrogen-bond donors (Lipinski definition) is 3. The maximum absolute atomic E-state index is 11.5. The lowest BCUT2D eigenvalue weighted by atomic mass is 10.2. The largest absolute Gasteiger partial charge is 0.369 e. The van der Waals surface area contributed by atoms with Gasteiger partial charge in [-0.2, -0.15) is 0 Å². The van der Waals surface area contributed by atoms with E-state index in [-0.39, 0.29) is 5.95 Å². The Morgan fingerprint density at radius 3 is 2.89 bits per heavy atom. The maximum Gasteiger partial charge on any atom is 0.250 e. The van der Waals surface area contributed by atoms with Gasteiger partial charge < -0.3 is 16.5 Å². The molecule has 0 aliphatic carbocycles. The summed E-state index contributed by atoms with van der Waals surface area (Å²) in [4.78, 5) is 22.7. The fourth-order valence-electron chi connectivity index (χ4n) is 1.94. The molecule has 2 aromatic heterocycles. The molecule has 5 N–H and O–H groups in total. The van der Waals surface area contributed by atoms with Crippen LogP contribution < -0.4 is 11.5 Å². The molecule has 0 saturated heterocycles. The van der Waals surface area contributed by atoms with Crippen molar-refractivity contribution < 1.29 is 4.79 Å². The minimum Gasteiger partial charge on any atom is -0.369 e. The molecule has 18 heavy (non-hydrogen) atoms. The van der Waals surface area contributed by atoms with Crippen LogP contribution in [0.5, 0.6) is 0 Å². The van der Waals surface area contributed by atoms with Crippen LogP contribution in [0.25, 0.3) is 17.0 Å². The Hall–Kier alpha value is -2.83. The molecule has 3 rings (SSSR count). The van der Waals surface area contributed by atoms with E-state index < -0.39 is 5.91 Å². The number of amides is 1. The minimum atomic E-state index is -0.534. The predicted molar refractivity (Wildman–Crippen MR) is 66.1 cm³/mol. The van der Waals surface area contributed by atoms with Crippen LogP contribution in [0, 0.1) is 0 Å². The van der Waals surface area contributed by atoms with E-state index in [9.17, 15) is 4.79 Å². The summed E-state index contributed by atoms with van der Waals surface area (Å²) in [5.41, 5.74) is 12.7. The second-order valence-electron chi connectivity index (χ2n) is 3.76. The molecule has 0 saturated carbocycles. The number of aromatic nitrogens is 4. The molecule has 2 heterocycles. The first-order valence-corrected chi connectivity index (χ1v) is 5.25. The van der Waals surface area contributed by atoms with Gasteiger partial charge in [-0.25, -0.2) is 14.5 Å². The van der Waals surface area contributed by atoms with Crippen molar-refractivity contribution in [3.8, 4) is 5.95 Å². The number of carbonyl (C=O) groups is 1. The highest BCUT2D eigenvalue weighted by atomic mass is 16.1. The van der Waals surface area contributed by atoms with Gasteiger partial charge in [0.2, 0.25) is 11.9 Å². The average molecular weight is 242 g/mol. The van der Waals surface area contributed by atoms with E-state index in [2.05, 4.69) is 15.0 Å². The Balaban J connectivity index is 2.44. The topological polar surface area (TPSA) is 116 Å². The van der Waals surface area contributed by atoms with E-state index in [4.69, 9.17) is 11.5 Å². The lowest BCUT2D eigenvalue weighted by molar-refractivity contribution is 0.100. The zero-order valence-corrected chi connectivity index (χ0v) is 9.29. The molecule has 0 aliphatic heterocycles. The van der Waals surface area contributed by atoms with Gasteiger partial charge >= 0.3 is 0 Å². The Kier molecular flexibility index (Phi) is 2.06. The number of benzene rings is 1. The van der Waals surface area contributed by atoms with Crippen molar-refractivity contribution in [2.24, 2.45) is 5.73 Å². The highest BCUT2D eigenvalue weighted by Gasteiger charge is 2.17. The van der Waals surface area contributed by atoms with Gasteiger partial charge in [-0.1, -0.05) is 6.07 Å². The third kappa shape index (κ3) is 1.34. The number of aromatic amines is 1. The summed E-state index contributed by atoms with van der Waals surface area (Å²) in [6.45, 7) is 0. The SMILES string of the molecule is NC(=O)c1cccc2nc(N)n(-c3ncc[nH]3)c12. The predicted octanol–water partition coefficient (Wildman–Crippen LogP) is 0.430. The van der Waals surface area contributed by atoms with Crippen molar-refractivity contribution in [2.75, 3.05) is 5.73 Å². The lowest BCUT2D eigenvalue weighted by Crippen LogP contribution is -2.13. The van der Waals surface area contributed by atoms with Crippen LogP contribution in [-0.4, -0.2) is 25.4 Å². The summed E-state index contributed by atoms with van der Waals surface area (Å²) in [6.07, 6.45) is 3.25. The number of fused-ring (bicyclic) bond motifs is 1. The Labute approximate surface area is 101 Å². The third-order valence-corrected chi connectivity index (χ3v) is 2.66. The molecule has 1 amide bonds. The van der Waals surface area contributed by atoms with E-state index in [0.29, 0.717) is 22.5 Å². The van der Waals surface area contributed by atoms with Crippen LogP contribution in [-0.2, 0) is 0 Å². The highest BCUT2D eigenvalue weighted by molar-refractivity contribution is 6.05. The van der Waals surface area contributed by atoms with Crippen molar-refractivity contribution in [1.29, 1.82) is 0 Å². The first-order valence-electron chi connectivity index (χ1n) is 5.25. The van der Waals surface area contributed by atoms with E-state index in [0.717, 1.165) is 0 Å². The van der Waals surface area contributed by atoms with E-state index in [1.54, 1.807) is 35.2 Å². The standard InChI is InChI=1S/C11H10N6O/c12-9(18)6-2-1-3-7-8(6)17(10(13)16-7)11-14-4-5-15-11/h1-5H,(H2,12,18)(H2,13,16)(H,14,15). The number of nitrogens with zero attached hydrogens (tertiary/aromatic N) is 3. The molecule has 7 nitrogen and oxygen atoms in total. The Bertz CT molecular complexity index is 727. The number of hydrogen-bond acceptors (Lipinski definition) is 4. The minimum absolute atomic E-state index is 0.244. The van der Waals surface area contributed by atoms with Crippen LogP contribution in [0.4, 0.5) is 5.95 Å². The zero-order valence-electron chi connectivity index (χ0n) is 9.29. The molecule has 1 aromatic carbocycles. The molecule has 0 radical (unpaired) electrons. The maximum atomic E-state index is 11.5. The number of nitrogens with one attached hydrogen (secondary N) is 1. The fraction of sp³-hybridized carbons (Fsp3) is 0. The Morgan fingerprint density at radius 2 is 2.22 bits per heavy atom. The van der Waals surface area contributed by atoms with Crippen molar-refractivity contribution in [3.63, 3.8) is 0 Å². The summed E-state index contributed by atoms with van der Waals surface area (Å²) in [5, 5.41) is 0. The zero-order chi connectivity index (χ0) is 12.7. The van der Waals surface area contributed by atoms with Gasteiger partial charge in [-0.05, 0) is 12.1 Å². The molecule has 90 valence electrons. The van der Waals surface area contributed by atoms with Crippen molar-refractivity contribution in [2.45, 2.75) is 0 Å². The summed E-state index contributed by atoms with van der Waals surface area (Å²) >= 11 is 0. The van der Waals surface area contributed by atoms with E-state index >= 15 is 0 Å². The normalized spacial score (nSPS) is 10.9. The number of rotatable bonds is 2.